The summed E-state index contributed by atoms with van der Waals surface area (Å²) < 4.78 is 13.9. The Morgan fingerprint density at radius 1 is 0.548 bits per heavy atom. The molecule has 210 valence electrons. The molecule has 4 nitrogen and oxygen atoms in total. The molecule has 1 fully saturated rings. The number of benzene rings is 5. The van der Waals surface area contributed by atoms with Crippen molar-refractivity contribution in [3.63, 3.8) is 0 Å². The summed E-state index contributed by atoms with van der Waals surface area (Å²) in [5.74, 6) is -0.930. The molecular weight excluding hydrogens is 516 g/mol. The van der Waals surface area contributed by atoms with Gasteiger partial charge in [-0.1, -0.05) is 152 Å². The van der Waals surface area contributed by atoms with Gasteiger partial charge in [-0.05, 0) is 41.7 Å². The molecule has 1 aliphatic heterocycles. The van der Waals surface area contributed by atoms with Crippen molar-refractivity contribution in [2.24, 2.45) is 10.7 Å². The molecule has 1 heterocycles. The summed E-state index contributed by atoms with van der Waals surface area (Å²) in [6, 6.07) is 51.2. The highest BCUT2D eigenvalue weighted by atomic mass is 16.8. The molecule has 5 aromatic carbocycles. The minimum absolute atomic E-state index is 0.609. The quantitative estimate of drug-likeness (QED) is 0.203. The van der Waals surface area contributed by atoms with Crippen molar-refractivity contribution in [1.82, 2.24) is 0 Å². The molecule has 6 rings (SSSR count). The van der Waals surface area contributed by atoms with Gasteiger partial charge >= 0.3 is 0 Å². The Hall–Kier alpha value is -4.35. The summed E-state index contributed by atoms with van der Waals surface area (Å²) in [6.45, 7) is 3.91. The zero-order valence-corrected chi connectivity index (χ0v) is 24.0. The molecule has 0 aliphatic carbocycles. The Labute approximate surface area is 248 Å². The largest absolute Gasteiger partial charge is 0.342 e. The van der Waals surface area contributed by atoms with Gasteiger partial charge < -0.3 is 15.2 Å². The Bertz CT molecular complexity index is 1530. The number of hydrogen-bond donors (Lipinski definition) is 1. The lowest BCUT2D eigenvalue weighted by Gasteiger charge is -2.44. The van der Waals surface area contributed by atoms with Crippen molar-refractivity contribution in [3.8, 4) is 0 Å². The van der Waals surface area contributed by atoms with Gasteiger partial charge in [0.05, 0.1) is 5.54 Å². The first-order chi connectivity index (χ1) is 20.4. The fourth-order valence-electron chi connectivity index (χ4n) is 6.14. The van der Waals surface area contributed by atoms with Gasteiger partial charge in [0.2, 0.25) is 0 Å². The normalized spacial score (nSPS) is 18.7. The molecule has 2 N–H and O–H groups in total. The van der Waals surface area contributed by atoms with Crippen LogP contribution in [0.15, 0.2) is 157 Å². The molecule has 4 heteroatoms. The van der Waals surface area contributed by atoms with Crippen LogP contribution in [-0.2, 0) is 20.6 Å². The number of aliphatic imine (C=N–C) groups is 1. The average Bonchev–Trinajstić information content (AvgIpc) is 3.39. The maximum Gasteiger partial charge on any atom is 0.164 e. The summed E-state index contributed by atoms with van der Waals surface area (Å²) in [4.78, 5) is 5.48. The van der Waals surface area contributed by atoms with E-state index >= 15 is 0 Å². The second-order valence-corrected chi connectivity index (χ2v) is 11.2. The lowest BCUT2D eigenvalue weighted by molar-refractivity contribution is -0.154. The molecule has 2 atom stereocenters. The highest BCUT2D eigenvalue weighted by molar-refractivity contribution is 5.80. The zero-order chi connectivity index (χ0) is 29.0. The molecule has 0 radical (unpaired) electrons. The Kier molecular flexibility index (Phi) is 7.61. The standard InChI is InChI=1S/C38H36N2O2/c1-36(2)41-34(37(39,30-20-10-4-11-21-30)31-22-12-5-13-23-31)35(42-36)38(32-24-14-6-15-25-32,33-26-16-7-17-27-33)40-28-29-18-8-3-9-19-29/h3-28,34-35H,39H2,1-2H3/t34-,35-/m1/s1. The highest BCUT2D eigenvalue weighted by Gasteiger charge is 2.60. The zero-order valence-electron chi connectivity index (χ0n) is 24.0. The van der Waals surface area contributed by atoms with Crippen molar-refractivity contribution in [1.29, 1.82) is 0 Å². The average molecular weight is 553 g/mol. The van der Waals surface area contributed by atoms with Gasteiger partial charge in [0.1, 0.15) is 17.7 Å². The third kappa shape index (κ3) is 5.10. The third-order valence-electron chi connectivity index (χ3n) is 8.10. The van der Waals surface area contributed by atoms with E-state index in [1.54, 1.807) is 0 Å². The van der Waals surface area contributed by atoms with Gasteiger partial charge in [0.15, 0.2) is 5.79 Å². The van der Waals surface area contributed by atoms with E-state index in [1.165, 1.54) is 0 Å². The molecular formula is C38H36N2O2. The van der Waals surface area contributed by atoms with Gasteiger partial charge in [-0.2, -0.15) is 0 Å². The van der Waals surface area contributed by atoms with Crippen molar-refractivity contribution < 1.29 is 9.47 Å². The molecule has 0 amide bonds. The second-order valence-electron chi connectivity index (χ2n) is 11.2. The number of hydrogen-bond acceptors (Lipinski definition) is 4. The fourth-order valence-corrected chi connectivity index (χ4v) is 6.14. The van der Waals surface area contributed by atoms with E-state index in [0.717, 1.165) is 27.8 Å². The lowest BCUT2D eigenvalue weighted by Crippen LogP contribution is -2.58. The molecule has 0 bridgehead atoms. The summed E-state index contributed by atoms with van der Waals surface area (Å²) in [6.07, 6.45) is 0.711. The van der Waals surface area contributed by atoms with Gasteiger partial charge in [-0.3, -0.25) is 4.99 Å². The van der Waals surface area contributed by atoms with Crippen LogP contribution in [0.5, 0.6) is 0 Å². The first-order valence-electron chi connectivity index (χ1n) is 14.4. The van der Waals surface area contributed by atoms with E-state index in [1.807, 2.05) is 111 Å². The molecule has 42 heavy (non-hydrogen) atoms. The van der Waals surface area contributed by atoms with Crippen LogP contribution in [0, 0.1) is 0 Å². The Morgan fingerprint density at radius 2 is 0.905 bits per heavy atom. The smallest absolute Gasteiger partial charge is 0.164 e. The van der Waals surface area contributed by atoms with Crippen LogP contribution in [0.4, 0.5) is 0 Å². The topological polar surface area (TPSA) is 56.8 Å². The first-order valence-corrected chi connectivity index (χ1v) is 14.4. The van der Waals surface area contributed by atoms with E-state index in [0.29, 0.717) is 0 Å². The SMILES string of the molecule is CC1(C)O[C@@H](C(N)(c2ccccc2)c2ccccc2)[C@H](C(N=Cc2ccccc2)(c2ccccc2)c2ccccc2)O1. The minimum atomic E-state index is -1.06. The fraction of sp³-hybridized carbons (Fsp3) is 0.184. The van der Waals surface area contributed by atoms with Crippen molar-refractivity contribution >= 4 is 6.21 Å². The monoisotopic (exact) mass is 552 g/mol. The summed E-state index contributed by atoms with van der Waals surface area (Å²) in [7, 11) is 0. The molecule has 0 spiro atoms. The predicted octanol–water partition coefficient (Wildman–Crippen LogP) is 7.47. The van der Waals surface area contributed by atoms with Crippen LogP contribution in [0.3, 0.4) is 0 Å². The van der Waals surface area contributed by atoms with E-state index in [9.17, 15) is 0 Å². The van der Waals surface area contributed by atoms with Gasteiger partial charge in [0.25, 0.3) is 0 Å². The maximum atomic E-state index is 7.66. The molecule has 1 aliphatic rings. The molecule has 5 aromatic rings. The van der Waals surface area contributed by atoms with E-state index in [4.69, 9.17) is 20.2 Å². The van der Waals surface area contributed by atoms with Crippen LogP contribution >= 0.6 is 0 Å². The van der Waals surface area contributed by atoms with Crippen molar-refractivity contribution in [2.75, 3.05) is 0 Å². The van der Waals surface area contributed by atoms with Gasteiger partial charge in [-0.25, -0.2) is 0 Å². The number of nitrogens with zero attached hydrogens (tertiary/aromatic N) is 1. The van der Waals surface area contributed by atoms with Crippen LogP contribution in [0.2, 0.25) is 0 Å². The molecule has 0 aromatic heterocycles. The molecule has 1 saturated heterocycles. The van der Waals surface area contributed by atoms with Crippen LogP contribution in [0.1, 0.15) is 41.7 Å². The summed E-state index contributed by atoms with van der Waals surface area (Å²) in [5, 5.41) is 0. The van der Waals surface area contributed by atoms with Crippen LogP contribution in [0.25, 0.3) is 0 Å². The molecule has 0 saturated carbocycles. The van der Waals surface area contributed by atoms with Gasteiger partial charge in [0, 0.05) is 6.21 Å². The molecule has 0 unspecified atom stereocenters. The second kappa shape index (κ2) is 11.5. The number of rotatable bonds is 8. The van der Waals surface area contributed by atoms with Gasteiger partial charge in [-0.15, -0.1) is 0 Å². The summed E-state index contributed by atoms with van der Waals surface area (Å²) >= 11 is 0. The number of ether oxygens (including phenoxy) is 2. The van der Waals surface area contributed by atoms with E-state index < -0.39 is 29.1 Å². The summed E-state index contributed by atoms with van der Waals surface area (Å²) in [5.41, 5.74) is 10.5. The highest BCUT2D eigenvalue weighted by Crippen LogP contribution is 2.51. The first kappa shape index (κ1) is 27.8. The third-order valence-corrected chi connectivity index (χ3v) is 8.10. The Morgan fingerprint density at radius 3 is 1.33 bits per heavy atom. The van der Waals surface area contributed by atoms with Crippen LogP contribution < -0.4 is 5.73 Å². The van der Waals surface area contributed by atoms with Crippen LogP contribution in [-0.4, -0.2) is 24.2 Å². The predicted molar refractivity (Wildman–Crippen MR) is 169 cm³/mol. The van der Waals surface area contributed by atoms with Crippen molar-refractivity contribution in [3.05, 3.63) is 179 Å². The lowest BCUT2D eigenvalue weighted by atomic mass is 9.69. The Balaban J connectivity index is 1.65. The van der Waals surface area contributed by atoms with Crippen molar-refractivity contribution in [2.45, 2.75) is 42.9 Å². The minimum Gasteiger partial charge on any atom is -0.342 e. The van der Waals surface area contributed by atoms with E-state index in [2.05, 4.69) is 60.7 Å². The number of nitrogens with two attached hydrogens (primary N) is 1. The van der Waals surface area contributed by atoms with E-state index in [-0.39, 0.29) is 0 Å². The maximum absolute atomic E-state index is 7.66.